The van der Waals surface area contributed by atoms with E-state index in [1.165, 1.54) is 7.11 Å². The molecule has 1 unspecified atom stereocenters. The molecule has 1 aromatic carbocycles. The van der Waals surface area contributed by atoms with Crippen molar-refractivity contribution in [2.75, 3.05) is 13.7 Å². The molecule has 1 aliphatic carbocycles. The summed E-state index contributed by atoms with van der Waals surface area (Å²) in [5.74, 6) is 0.278. The van der Waals surface area contributed by atoms with E-state index in [1.807, 2.05) is 0 Å². The number of rotatable bonds is 6. The van der Waals surface area contributed by atoms with Gasteiger partial charge in [0.25, 0.3) is 0 Å². The van der Waals surface area contributed by atoms with Gasteiger partial charge in [0.1, 0.15) is 0 Å². The van der Waals surface area contributed by atoms with Gasteiger partial charge in [-0.15, -0.1) is 0 Å². The van der Waals surface area contributed by atoms with Gasteiger partial charge < -0.3 is 20.9 Å². The summed E-state index contributed by atoms with van der Waals surface area (Å²) in [6.07, 6.45) is 2.68. The maximum atomic E-state index is 12.0. The molecule has 0 aromatic heterocycles. The predicted molar refractivity (Wildman–Crippen MR) is 72.1 cm³/mol. The summed E-state index contributed by atoms with van der Waals surface area (Å²) < 4.78 is 5.05. The number of methoxy groups -OCH3 is 1. The second-order valence-electron chi connectivity index (χ2n) is 4.93. The molecule has 1 atom stereocenters. The fraction of sp³-hybridized carbons (Fsp3) is 0.500. The van der Waals surface area contributed by atoms with Crippen LogP contribution in [0, 0.1) is 5.92 Å². The first-order valence-corrected chi connectivity index (χ1v) is 6.50. The summed E-state index contributed by atoms with van der Waals surface area (Å²) in [4.78, 5) is 12.0. The van der Waals surface area contributed by atoms with E-state index in [0.29, 0.717) is 24.8 Å². The summed E-state index contributed by atoms with van der Waals surface area (Å²) in [5, 5.41) is 12.5. The van der Waals surface area contributed by atoms with Crippen molar-refractivity contribution in [3.63, 3.8) is 0 Å². The molecule has 5 heteroatoms. The average molecular weight is 264 g/mol. The topological polar surface area (TPSA) is 84.6 Å². The lowest BCUT2D eigenvalue weighted by Gasteiger charge is -2.15. The average Bonchev–Trinajstić information content (AvgIpc) is 3.21. The van der Waals surface area contributed by atoms with Crippen LogP contribution in [-0.2, 0) is 11.2 Å². The van der Waals surface area contributed by atoms with Crippen molar-refractivity contribution < 1.29 is 14.6 Å². The second kappa shape index (κ2) is 5.93. The molecule has 0 radical (unpaired) electrons. The third kappa shape index (κ3) is 3.61. The van der Waals surface area contributed by atoms with Crippen LogP contribution in [0.1, 0.15) is 18.4 Å². The zero-order valence-electron chi connectivity index (χ0n) is 11.1. The second-order valence-corrected chi connectivity index (χ2v) is 4.93. The van der Waals surface area contributed by atoms with Crippen molar-refractivity contribution in [1.82, 2.24) is 5.32 Å². The highest BCUT2D eigenvalue weighted by Crippen LogP contribution is 2.27. The number of phenols is 1. The third-order valence-electron chi connectivity index (χ3n) is 3.31. The molecule has 5 nitrogen and oxygen atoms in total. The molecule has 0 heterocycles. The number of nitrogens with two attached hydrogens (primary N) is 1. The minimum atomic E-state index is -0.241. The maximum Gasteiger partial charge on any atom is 0.224 e. The summed E-state index contributed by atoms with van der Waals surface area (Å²) in [7, 11) is 1.50. The summed E-state index contributed by atoms with van der Waals surface area (Å²) >= 11 is 0. The van der Waals surface area contributed by atoms with Crippen molar-refractivity contribution in [2.24, 2.45) is 11.7 Å². The van der Waals surface area contributed by atoms with E-state index in [1.54, 1.807) is 18.2 Å². The first kappa shape index (κ1) is 13.7. The van der Waals surface area contributed by atoms with Gasteiger partial charge in [0, 0.05) is 12.6 Å². The molecule has 0 bridgehead atoms. The molecule has 0 aliphatic heterocycles. The highest BCUT2D eigenvalue weighted by Gasteiger charge is 2.27. The molecule has 1 saturated carbocycles. The Labute approximate surface area is 112 Å². The number of hydrogen-bond donors (Lipinski definition) is 3. The number of benzene rings is 1. The molecule has 4 N–H and O–H groups in total. The van der Waals surface area contributed by atoms with Gasteiger partial charge in [-0.2, -0.15) is 0 Å². The van der Waals surface area contributed by atoms with Gasteiger partial charge in [-0.05, 0) is 37.0 Å². The largest absolute Gasteiger partial charge is 0.504 e. The first-order chi connectivity index (χ1) is 9.13. The van der Waals surface area contributed by atoms with E-state index in [2.05, 4.69) is 5.32 Å². The molecular formula is C14H20N2O3. The number of carbonyl (C=O) groups excluding carboxylic acids is 1. The number of ether oxygens (including phenoxy) is 1. The minimum absolute atomic E-state index is 0.0111. The minimum Gasteiger partial charge on any atom is -0.504 e. The van der Waals surface area contributed by atoms with Gasteiger partial charge in [0.2, 0.25) is 5.91 Å². The highest BCUT2D eigenvalue weighted by atomic mass is 16.5. The Morgan fingerprint density at radius 3 is 2.89 bits per heavy atom. The van der Waals surface area contributed by atoms with Gasteiger partial charge in [-0.1, -0.05) is 6.07 Å². The van der Waals surface area contributed by atoms with Crippen molar-refractivity contribution >= 4 is 5.91 Å². The van der Waals surface area contributed by atoms with Gasteiger partial charge in [0.15, 0.2) is 11.5 Å². The summed E-state index contributed by atoms with van der Waals surface area (Å²) in [5.41, 5.74) is 6.60. The van der Waals surface area contributed by atoms with E-state index < -0.39 is 0 Å². The standard InChI is InChI=1S/C14H20N2O3/c1-19-13-7-9(2-5-12(13)17)6-10(8-15)14(18)16-11-3-4-11/h2,5,7,10-11,17H,3-4,6,8,15H2,1H3,(H,16,18). The third-order valence-corrected chi connectivity index (χ3v) is 3.31. The molecule has 1 aliphatic rings. The number of amides is 1. The van der Waals surface area contributed by atoms with Crippen LogP contribution in [0.15, 0.2) is 18.2 Å². The Kier molecular flexibility index (Phi) is 4.27. The van der Waals surface area contributed by atoms with E-state index in [9.17, 15) is 9.90 Å². The lowest BCUT2D eigenvalue weighted by Crippen LogP contribution is -2.37. The lowest BCUT2D eigenvalue weighted by atomic mass is 9.98. The summed E-state index contributed by atoms with van der Waals surface area (Å²) in [6, 6.07) is 5.43. The quantitative estimate of drug-likeness (QED) is 0.709. The number of phenolic OH excluding ortho intramolecular Hbond substituents is 1. The fourth-order valence-electron chi connectivity index (χ4n) is 1.96. The van der Waals surface area contributed by atoms with Gasteiger partial charge in [-0.3, -0.25) is 4.79 Å². The predicted octanol–water partition coefficient (Wildman–Crippen LogP) is 0.797. The number of carbonyl (C=O) groups is 1. The molecule has 1 amide bonds. The van der Waals surface area contributed by atoms with Crippen LogP contribution in [0.2, 0.25) is 0 Å². The zero-order valence-corrected chi connectivity index (χ0v) is 11.1. The molecule has 2 rings (SSSR count). The normalized spacial score (nSPS) is 15.9. The van der Waals surface area contributed by atoms with Crippen LogP contribution in [0.5, 0.6) is 11.5 Å². The highest BCUT2D eigenvalue weighted by molar-refractivity contribution is 5.79. The van der Waals surface area contributed by atoms with Crippen molar-refractivity contribution in [3.8, 4) is 11.5 Å². The Bertz CT molecular complexity index is 458. The monoisotopic (exact) mass is 264 g/mol. The van der Waals surface area contributed by atoms with Crippen molar-refractivity contribution in [3.05, 3.63) is 23.8 Å². The first-order valence-electron chi connectivity index (χ1n) is 6.50. The Morgan fingerprint density at radius 1 is 1.58 bits per heavy atom. The van der Waals surface area contributed by atoms with E-state index >= 15 is 0 Å². The van der Waals surface area contributed by atoms with Crippen molar-refractivity contribution in [2.45, 2.75) is 25.3 Å². The molecule has 0 spiro atoms. The van der Waals surface area contributed by atoms with Crippen LogP contribution in [-0.4, -0.2) is 30.7 Å². The van der Waals surface area contributed by atoms with Gasteiger partial charge in [-0.25, -0.2) is 0 Å². The summed E-state index contributed by atoms with van der Waals surface area (Å²) in [6.45, 7) is 0.307. The Morgan fingerprint density at radius 2 is 2.32 bits per heavy atom. The molecule has 0 saturated heterocycles. The van der Waals surface area contributed by atoms with Crippen molar-refractivity contribution in [1.29, 1.82) is 0 Å². The van der Waals surface area contributed by atoms with Crippen LogP contribution in [0.25, 0.3) is 0 Å². The van der Waals surface area contributed by atoms with E-state index in [-0.39, 0.29) is 17.6 Å². The van der Waals surface area contributed by atoms with Gasteiger partial charge in [0.05, 0.1) is 13.0 Å². The Balaban J connectivity index is 2.02. The maximum absolute atomic E-state index is 12.0. The Hall–Kier alpha value is -1.75. The SMILES string of the molecule is COc1cc(CC(CN)C(=O)NC2CC2)ccc1O. The molecule has 104 valence electrons. The molecule has 1 fully saturated rings. The number of aromatic hydroxyl groups is 1. The van der Waals surface area contributed by atoms with Crippen LogP contribution in [0.3, 0.4) is 0 Å². The van der Waals surface area contributed by atoms with Crippen LogP contribution in [0.4, 0.5) is 0 Å². The fourth-order valence-corrected chi connectivity index (χ4v) is 1.96. The number of hydrogen-bond acceptors (Lipinski definition) is 4. The van der Waals surface area contributed by atoms with Crippen LogP contribution >= 0.6 is 0 Å². The molecular weight excluding hydrogens is 244 g/mol. The smallest absolute Gasteiger partial charge is 0.224 e. The van der Waals surface area contributed by atoms with E-state index in [0.717, 1.165) is 18.4 Å². The lowest BCUT2D eigenvalue weighted by molar-refractivity contribution is -0.124. The molecule has 19 heavy (non-hydrogen) atoms. The zero-order chi connectivity index (χ0) is 13.8. The molecule has 1 aromatic rings. The number of nitrogens with one attached hydrogen (secondary N) is 1. The van der Waals surface area contributed by atoms with Crippen LogP contribution < -0.4 is 15.8 Å². The van der Waals surface area contributed by atoms with E-state index in [4.69, 9.17) is 10.5 Å². The van der Waals surface area contributed by atoms with Gasteiger partial charge >= 0.3 is 0 Å².